The molecule has 0 aromatic carbocycles. The summed E-state index contributed by atoms with van der Waals surface area (Å²) in [7, 11) is 0. The SMILES string of the molecule is CC/C=C\C/C=C\C/C=C\C/C=C\CCCCCCCCCCCCCCC(=O)OCC(COC(=O)CCCCCCC/C=C\CCC)OC(=O)CCCCCCCCCCC/C=C\C/C=C\CCCCCCC. The lowest BCUT2D eigenvalue weighted by Crippen LogP contribution is -2.30. The molecule has 1 atom stereocenters. The minimum Gasteiger partial charge on any atom is -0.462 e. The zero-order valence-corrected chi connectivity index (χ0v) is 48.8. The van der Waals surface area contributed by atoms with Crippen molar-refractivity contribution in [2.45, 2.75) is 316 Å². The summed E-state index contributed by atoms with van der Waals surface area (Å²) in [5.41, 5.74) is 0. The summed E-state index contributed by atoms with van der Waals surface area (Å²) < 4.78 is 16.9. The third kappa shape index (κ3) is 59.5. The first-order valence-corrected chi connectivity index (χ1v) is 31.6. The quantitative estimate of drug-likeness (QED) is 0.0261. The van der Waals surface area contributed by atoms with Gasteiger partial charge in [0.15, 0.2) is 6.10 Å². The van der Waals surface area contributed by atoms with Crippen molar-refractivity contribution < 1.29 is 28.6 Å². The molecular formula is C68H118O6. The van der Waals surface area contributed by atoms with E-state index in [9.17, 15) is 14.4 Å². The lowest BCUT2D eigenvalue weighted by atomic mass is 10.0. The van der Waals surface area contributed by atoms with Gasteiger partial charge in [-0.2, -0.15) is 0 Å². The summed E-state index contributed by atoms with van der Waals surface area (Å²) in [5, 5.41) is 0. The van der Waals surface area contributed by atoms with Crippen LogP contribution in [0.1, 0.15) is 310 Å². The Kier molecular flexibility index (Phi) is 59.3. The lowest BCUT2D eigenvalue weighted by molar-refractivity contribution is -0.167. The Morgan fingerprint density at radius 2 is 0.554 bits per heavy atom. The van der Waals surface area contributed by atoms with E-state index in [1.54, 1.807) is 0 Å². The molecule has 74 heavy (non-hydrogen) atoms. The summed E-state index contributed by atoms with van der Waals surface area (Å²) in [6.45, 7) is 6.47. The highest BCUT2D eigenvalue weighted by Crippen LogP contribution is 2.16. The van der Waals surface area contributed by atoms with Gasteiger partial charge in [-0.1, -0.05) is 266 Å². The molecule has 0 N–H and O–H groups in total. The molecule has 0 heterocycles. The van der Waals surface area contributed by atoms with Crippen LogP contribution in [-0.4, -0.2) is 37.2 Å². The van der Waals surface area contributed by atoms with Gasteiger partial charge in [-0.3, -0.25) is 14.4 Å². The van der Waals surface area contributed by atoms with E-state index in [1.807, 2.05) is 0 Å². The Bertz CT molecular complexity index is 1420. The van der Waals surface area contributed by atoms with Gasteiger partial charge < -0.3 is 14.2 Å². The molecule has 0 aliphatic heterocycles. The molecule has 0 aliphatic rings. The summed E-state index contributed by atoms with van der Waals surface area (Å²) in [6, 6.07) is 0. The molecular weight excluding hydrogens is 913 g/mol. The zero-order chi connectivity index (χ0) is 53.6. The number of hydrogen-bond acceptors (Lipinski definition) is 6. The summed E-state index contributed by atoms with van der Waals surface area (Å²) >= 11 is 0. The van der Waals surface area contributed by atoms with Crippen molar-refractivity contribution in [3.8, 4) is 0 Å². The molecule has 6 heteroatoms. The normalized spacial score (nSPS) is 12.6. The average molecular weight is 1030 g/mol. The van der Waals surface area contributed by atoms with Crippen molar-refractivity contribution in [1.29, 1.82) is 0 Å². The van der Waals surface area contributed by atoms with Crippen LogP contribution in [0.3, 0.4) is 0 Å². The minimum absolute atomic E-state index is 0.0806. The molecule has 0 rings (SSSR count). The monoisotopic (exact) mass is 1030 g/mol. The first-order chi connectivity index (χ1) is 36.5. The summed E-state index contributed by atoms with van der Waals surface area (Å²) in [4.78, 5) is 38.2. The average Bonchev–Trinajstić information content (AvgIpc) is 3.40. The molecule has 0 saturated heterocycles. The molecule has 0 amide bonds. The standard InChI is InChI=1S/C68H118O6/c1-4-7-10-13-16-19-22-24-26-28-30-32-33-34-35-37-38-40-42-44-46-49-52-55-58-61-67(70)73-64-65(63-72-66(69)60-57-54-51-48-21-18-15-12-9-6-3)74-68(71)62-59-56-53-50-47-45-43-41-39-36-31-29-27-25-23-20-17-14-11-8-5-2/h7,10,12,15-16,19,23-26,29-32,65H,4-6,8-9,11,13-14,17-18,20-22,27-28,33-64H2,1-3H3/b10-7-,15-12-,19-16-,25-23-,26-24-,31-29-,32-30-. The van der Waals surface area contributed by atoms with E-state index in [1.165, 1.54) is 167 Å². The van der Waals surface area contributed by atoms with E-state index in [-0.39, 0.29) is 31.1 Å². The van der Waals surface area contributed by atoms with E-state index in [2.05, 4.69) is 106 Å². The summed E-state index contributed by atoms with van der Waals surface area (Å²) in [6.07, 6.45) is 81.7. The Morgan fingerprint density at radius 1 is 0.284 bits per heavy atom. The third-order valence-corrected chi connectivity index (χ3v) is 13.6. The second kappa shape index (κ2) is 62.1. The Hall–Kier alpha value is -3.41. The zero-order valence-electron chi connectivity index (χ0n) is 48.8. The van der Waals surface area contributed by atoms with E-state index < -0.39 is 6.10 Å². The Morgan fingerprint density at radius 3 is 0.892 bits per heavy atom. The number of carbonyl (C=O) groups excluding carboxylic acids is 3. The van der Waals surface area contributed by atoms with E-state index in [0.717, 1.165) is 103 Å². The molecule has 0 aliphatic carbocycles. The predicted octanol–water partition coefficient (Wildman–Crippen LogP) is 21.5. The highest BCUT2D eigenvalue weighted by atomic mass is 16.6. The van der Waals surface area contributed by atoms with E-state index in [0.29, 0.717) is 19.3 Å². The van der Waals surface area contributed by atoms with Crippen molar-refractivity contribution in [1.82, 2.24) is 0 Å². The number of carbonyl (C=O) groups is 3. The first kappa shape index (κ1) is 70.6. The fourth-order valence-electron chi connectivity index (χ4n) is 8.88. The van der Waals surface area contributed by atoms with Gasteiger partial charge >= 0.3 is 17.9 Å². The van der Waals surface area contributed by atoms with Gasteiger partial charge in [-0.05, 0) is 109 Å². The van der Waals surface area contributed by atoms with Crippen molar-refractivity contribution in [2.75, 3.05) is 13.2 Å². The summed E-state index contributed by atoms with van der Waals surface area (Å²) in [5.74, 6) is -0.888. The van der Waals surface area contributed by atoms with Crippen LogP contribution in [-0.2, 0) is 28.6 Å². The maximum absolute atomic E-state index is 12.9. The lowest BCUT2D eigenvalue weighted by Gasteiger charge is -2.18. The molecule has 0 saturated carbocycles. The number of esters is 3. The highest BCUT2D eigenvalue weighted by molar-refractivity contribution is 5.71. The van der Waals surface area contributed by atoms with Crippen LogP contribution in [0.25, 0.3) is 0 Å². The van der Waals surface area contributed by atoms with Gasteiger partial charge in [0.2, 0.25) is 0 Å². The van der Waals surface area contributed by atoms with Crippen molar-refractivity contribution in [3.63, 3.8) is 0 Å². The molecule has 0 radical (unpaired) electrons. The van der Waals surface area contributed by atoms with Gasteiger partial charge in [-0.15, -0.1) is 0 Å². The van der Waals surface area contributed by atoms with Crippen LogP contribution in [0.2, 0.25) is 0 Å². The Balaban J connectivity index is 4.25. The number of rotatable bonds is 57. The van der Waals surface area contributed by atoms with Crippen molar-refractivity contribution in [2.24, 2.45) is 0 Å². The van der Waals surface area contributed by atoms with Crippen molar-refractivity contribution >= 4 is 17.9 Å². The van der Waals surface area contributed by atoms with Gasteiger partial charge in [0.05, 0.1) is 0 Å². The predicted molar refractivity (Wildman–Crippen MR) is 321 cm³/mol. The van der Waals surface area contributed by atoms with Gasteiger partial charge in [0.1, 0.15) is 13.2 Å². The largest absolute Gasteiger partial charge is 0.462 e. The van der Waals surface area contributed by atoms with Crippen LogP contribution in [0.5, 0.6) is 0 Å². The maximum Gasteiger partial charge on any atom is 0.306 e. The fraction of sp³-hybridized carbons (Fsp3) is 0.750. The number of ether oxygens (including phenoxy) is 3. The van der Waals surface area contributed by atoms with Gasteiger partial charge in [0, 0.05) is 19.3 Å². The second-order valence-corrected chi connectivity index (χ2v) is 20.9. The van der Waals surface area contributed by atoms with Gasteiger partial charge in [-0.25, -0.2) is 0 Å². The van der Waals surface area contributed by atoms with Crippen LogP contribution < -0.4 is 0 Å². The maximum atomic E-state index is 12.9. The van der Waals surface area contributed by atoms with Crippen LogP contribution in [0.15, 0.2) is 85.1 Å². The Labute approximate surface area is 458 Å². The number of hydrogen-bond donors (Lipinski definition) is 0. The minimum atomic E-state index is -0.783. The van der Waals surface area contributed by atoms with Crippen LogP contribution in [0.4, 0.5) is 0 Å². The molecule has 0 aromatic rings. The molecule has 0 fully saturated rings. The molecule has 426 valence electrons. The second-order valence-electron chi connectivity index (χ2n) is 20.9. The molecule has 0 bridgehead atoms. The third-order valence-electron chi connectivity index (χ3n) is 13.6. The topological polar surface area (TPSA) is 78.9 Å². The number of allylic oxidation sites excluding steroid dienone is 14. The molecule has 1 unspecified atom stereocenters. The molecule has 0 spiro atoms. The van der Waals surface area contributed by atoms with E-state index in [4.69, 9.17) is 14.2 Å². The van der Waals surface area contributed by atoms with E-state index >= 15 is 0 Å². The van der Waals surface area contributed by atoms with Crippen molar-refractivity contribution in [3.05, 3.63) is 85.1 Å². The van der Waals surface area contributed by atoms with Crippen LogP contribution in [0, 0.1) is 0 Å². The number of unbranched alkanes of at least 4 members (excludes halogenated alkanes) is 32. The smallest absolute Gasteiger partial charge is 0.306 e. The molecule has 6 nitrogen and oxygen atoms in total. The fourth-order valence-corrected chi connectivity index (χ4v) is 8.88. The molecule has 0 aromatic heterocycles. The first-order valence-electron chi connectivity index (χ1n) is 31.6. The highest BCUT2D eigenvalue weighted by Gasteiger charge is 2.19. The van der Waals surface area contributed by atoms with Gasteiger partial charge in [0.25, 0.3) is 0 Å². The van der Waals surface area contributed by atoms with Crippen LogP contribution >= 0.6 is 0 Å².